The van der Waals surface area contributed by atoms with Gasteiger partial charge in [0.15, 0.2) is 0 Å². The van der Waals surface area contributed by atoms with Crippen LogP contribution in [0.2, 0.25) is 0 Å². The average molecular weight is 479 g/mol. The van der Waals surface area contributed by atoms with Crippen LogP contribution in [0.3, 0.4) is 0 Å². The van der Waals surface area contributed by atoms with Gasteiger partial charge in [0.2, 0.25) is 11.9 Å². The van der Waals surface area contributed by atoms with E-state index in [2.05, 4.69) is 30.6 Å². The van der Waals surface area contributed by atoms with Crippen LogP contribution < -0.4 is 15.5 Å². The number of rotatable bonds is 7. The smallest absolute Gasteiger partial charge is 0.411 e. The molecule has 4 rings (SSSR count). The van der Waals surface area contributed by atoms with Crippen LogP contribution in [0, 0.1) is 0 Å². The fourth-order valence-electron chi connectivity index (χ4n) is 3.74. The van der Waals surface area contributed by atoms with Crippen molar-refractivity contribution < 1.29 is 14.3 Å². The zero-order chi connectivity index (χ0) is 24.6. The van der Waals surface area contributed by atoms with Crippen molar-refractivity contribution in [2.24, 2.45) is 0 Å². The second-order valence-electron chi connectivity index (χ2n) is 8.19. The van der Waals surface area contributed by atoms with Crippen molar-refractivity contribution in [2.75, 3.05) is 48.3 Å². The zero-order valence-electron chi connectivity index (χ0n) is 20.0. The molecule has 0 atom stereocenters. The molecule has 1 aliphatic heterocycles. The van der Waals surface area contributed by atoms with Crippen molar-refractivity contribution >= 4 is 35.1 Å². The molecule has 0 unspecified atom stereocenters. The number of amides is 2. The lowest BCUT2D eigenvalue weighted by atomic mass is 10.3. The van der Waals surface area contributed by atoms with Crippen LogP contribution in [0.4, 0.5) is 27.9 Å². The minimum atomic E-state index is -0.471. The molecular formula is C24H30N8O3. The molecule has 0 radical (unpaired) electrons. The fraction of sp³-hybridized carbons (Fsp3) is 0.375. The molecule has 3 aromatic rings. The molecule has 1 aliphatic rings. The highest BCUT2D eigenvalue weighted by atomic mass is 16.5. The second-order valence-corrected chi connectivity index (χ2v) is 8.19. The first-order valence-electron chi connectivity index (χ1n) is 11.7. The molecule has 11 nitrogen and oxygen atoms in total. The zero-order valence-corrected chi connectivity index (χ0v) is 20.0. The Morgan fingerprint density at radius 3 is 2.60 bits per heavy atom. The predicted molar refractivity (Wildman–Crippen MR) is 133 cm³/mol. The van der Waals surface area contributed by atoms with E-state index in [4.69, 9.17) is 4.74 Å². The van der Waals surface area contributed by atoms with Gasteiger partial charge in [-0.2, -0.15) is 4.98 Å². The van der Waals surface area contributed by atoms with Gasteiger partial charge in [0.25, 0.3) is 0 Å². The third-order valence-corrected chi connectivity index (χ3v) is 5.58. The summed E-state index contributed by atoms with van der Waals surface area (Å²) in [6, 6.07) is 11.0. The molecule has 0 spiro atoms. The van der Waals surface area contributed by atoms with Gasteiger partial charge in [-0.05, 0) is 43.2 Å². The molecule has 184 valence electrons. The Bertz CT molecular complexity index is 1150. The lowest BCUT2D eigenvalue weighted by Crippen LogP contribution is -2.33. The third-order valence-electron chi connectivity index (χ3n) is 5.58. The van der Waals surface area contributed by atoms with E-state index in [1.54, 1.807) is 36.3 Å². The Morgan fingerprint density at radius 2 is 1.83 bits per heavy atom. The number of pyridine rings is 1. The van der Waals surface area contributed by atoms with Gasteiger partial charge < -0.3 is 19.9 Å². The molecule has 11 heteroatoms. The van der Waals surface area contributed by atoms with Crippen molar-refractivity contribution in [3.05, 3.63) is 48.9 Å². The molecule has 3 heterocycles. The number of benzene rings is 1. The van der Waals surface area contributed by atoms with Gasteiger partial charge in [0.1, 0.15) is 12.1 Å². The summed E-state index contributed by atoms with van der Waals surface area (Å²) in [5.74, 6) is 1.40. The first kappa shape index (κ1) is 24.0. The molecule has 35 heavy (non-hydrogen) atoms. The highest BCUT2D eigenvalue weighted by Gasteiger charge is 2.18. The van der Waals surface area contributed by atoms with Crippen LogP contribution in [0.25, 0.3) is 5.69 Å². The molecule has 0 bridgehead atoms. The van der Waals surface area contributed by atoms with Gasteiger partial charge in [0.05, 0.1) is 12.3 Å². The normalized spacial score (nSPS) is 13.8. The predicted octanol–water partition coefficient (Wildman–Crippen LogP) is 3.42. The Labute approximate surface area is 204 Å². The fourth-order valence-corrected chi connectivity index (χ4v) is 3.74. The Balaban J connectivity index is 1.38. The van der Waals surface area contributed by atoms with E-state index in [1.807, 2.05) is 36.1 Å². The molecule has 2 N–H and O–H groups in total. The molecule has 1 aromatic carbocycles. The van der Waals surface area contributed by atoms with Gasteiger partial charge in [-0.3, -0.25) is 10.1 Å². The topological polar surface area (TPSA) is 118 Å². The maximum atomic E-state index is 11.7. The number of hydrogen-bond acceptors (Lipinski definition) is 8. The van der Waals surface area contributed by atoms with E-state index in [0.29, 0.717) is 24.8 Å². The van der Waals surface area contributed by atoms with E-state index in [1.165, 1.54) is 0 Å². The molecule has 1 fully saturated rings. The number of nitrogens with one attached hydrogen (secondary N) is 2. The summed E-state index contributed by atoms with van der Waals surface area (Å²) in [4.78, 5) is 36.3. The Morgan fingerprint density at radius 1 is 1.03 bits per heavy atom. The molecule has 0 aliphatic carbocycles. The maximum absolute atomic E-state index is 11.7. The summed E-state index contributed by atoms with van der Waals surface area (Å²) >= 11 is 0. The number of ether oxygens (including phenoxy) is 1. The maximum Gasteiger partial charge on any atom is 0.411 e. The summed E-state index contributed by atoms with van der Waals surface area (Å²) in [6.45, 7) is 6.97. The summed E-state index contributed by atoms with van der Waals surface area (Å²) in [6.07, 6.45) is 4.60. The summed E-state index contributed by atoms with van der Waals surface area (Å²) in [5, 5.41) is 10.4. The molecule has 1 saturated heterocycles. The SMILES string of the molecule is CCCOC(=O)Nc1ccc(Nc2ncn(-c3ccnc(N4CCCN(C(C)=O)CC4)c3)n2)cc1. The van der Waals surface area contributed by atoms with E-state index in [9.17, 15) is 9.59 Å². The van der Waals surface area contributed by atoms with Crippen LogP contribution in [-0.2, 0) is 9.53 Å². The minimum Gasteiger partial charge on any atom is -0.449 e. The van der Waals surface area contributed by atoms with Gasteiger partial charge >= 0.3 is 6.09 Å². The first-order chi connectivity index (χ1) is 17.0. The van der Waals surface area contributed by atoms with E-state index in [0.717, 1.165) is 49.7 Å². The van der Waals surface area contributed by atoms with Crippen LogP contribution in [0.5, 0.6) is 0 Å². The van der Waals surface area contributed by atoms with Gasteiger partial charge in [-0.1, -0.05) is 6.92 Å². The monoisotopic (exact) mass is 478 g/mol. The minimum absolute atomic E-state index is 0.108. The summed E-state index contributed by atoms with van der Waals surface area (Å²) < 4.78 is 6.71. The number of hydrogen-bond donors (Lipinski definition) is 2. The van der Waals surface area contributed by atoms with Crippen molar-refractivity contribution in [3.8, 4) is 5.69 Å². The van der Waals surface area contributed by atoms with E-state index in [-0.39, 0.29) is 5.91 Å². The largest absolute Gasteiger partial charge is 0.449 e. The average Bonchev–Trinajstić information content (AvgIpc) is 3.18. The number of carbonyl (C=O) groups is 2. The Hall–Kier alpha value is -4.15. The van der Waals surface area contributed by atoms with Crippen molar-refractivity contribution in [1.82, 2.24) is 24.6 Å². The highest BCUT2D eigenvalue weighted by Crippen LogP contribution is 2.20. The summed E-state index contributed by atoms with van der Waals surface area (Å²) in [7, 11) is 0. The van der Waals surface area contributed by atoms with Crippen LogP contribution in [-0.4, -0.2) is 69.4 Å². The van der Waals surface area contributed by atoms with Crippen LogP contribution in [0.15, 0.2) is 48.9 Å². The Kier molecular flexibility index (Phi) is 7.76. The van der Waals surface area contributed by atoms with Gasteiger partial charge in [-0.25, -0.2) is 14.5 Å². The molecule has 2 aromatic heterocycles. The number of aromatic nitrogens is 4. The van der Waals surface area contributed by atoms with Crippen LogP contribution in [0.1, 0.15) is 26.7 Å². The van der Waals surface area contributed by atoms with E-state index < -0.39 is 6.09 Å². The summed E-state index contributed by atoms with van der Waals surface area (Å²) in [5.41, 5.74) is 2.26. The standard InChI is InChI=1S/C24H30N8O3/c1-3-15-35-24(34)28-20-7-5-19(6-8-20)27-23-26-17-32(29-23)21-9-10-25-22(16-21)31-12-4-11-30(13-14-31)18(2)33/h5-10,16-17H,3-4,11-15H2,1-2H3,(H,27,29)(H,28,34). The molecule has 2 amide bonds. The second kappa shape index (κ2) is 11.3. The molecular weight excluding hydrogens is 448 g/mol. The number of carbonyl (C=O) groups excluding carboxylic acids is 2. The van der Waals surface area contributed by atoms with Gasteiger partial charge in [-0.15, -0.1) is 5.10 Å². The number of nitrogens with zero attached hydrogens (tertiary/aromatic N) is 6. The first-order valence-corrected chi connectivity index (χ1v) is 11.7. The van der Waals surface area contributed by atoms with Crippen molar-refractivity contribution in [2.45, 2.75) is 26.7 Å². The molecule has 0 saturated carbocycles. The highest BCUT2D eigenvalue weighted by molar-refractivity contribution is 5.84. The third kappa shape index (κ3) is 6.46. The van der Waals surface area contributed by atoms with Crippen molar-refractivity contribution in [3.63, 3.8) is 0 Å². The lowest BCUT2D eigenvalue weighted by Gasteiger charge is -2.22. The van der Waals surface area contributed by atoms with E-state index >= 15 is 0 Å². The van der Waals surface area contributed by atoms with Crippen molar-refractivity contribution in [1.29, 1.82) is 0 Å². The van der Waals surface area contributed by atoms with Crippen LogP contribution >= 0.6 is 0 Å². The quantitative estimate of drug-likeness (QED) is 0.530. The number of anilines is 4. The lowest BCUT2D eigenvalue weighted by molar-refractivity contribution is -0.128. The van der Waals surface area contributed by atoms with Gasteiger partial charge in [0, 0.05) is 56.7 Å².